The fourth-order valence-electron chi connectivity index (χ4n) is 2.78. The zero-order valence-electron chi connectivity index (χ0n) is 16.3. The predicted molar refractivity (Wildman–Crippen MR) is 119 cm³/mol. The van der Waals surface area contributed by atoms with Crippen LogP contribution in [0.2, 0.25) is 5.02 Å². The molecule has 0 spiro atoms. The second-order valence-electron chi connectivity index (χ2n) is 6.61. The van der Waals surface area contributed by atoms with Gasteiger partial charge in [0.2, 0.25) is 11.8 Å². The average Bonchev–Trinajstić information content (AvgIpc) is 2.97. The highest BCUT2D eigenvalue weighted by Crippen LogP contribution is 2.31. The molecule has 1 N–H and O–H groups in total. The van der Waals surface area contributed by atoms with Gasteiger partial charge in [0.1, 0.15) is 5.25 Å². The summed E-state index contributed by atoms with van der Waals surface area (Å²) in [6, 6.07) is 12.9. The highest BCUT2D eigenvalue weighted by molar-refractivity contribution is 8.16. The minimum absolute atomic E-state index is 0.0497. The summed E-state index contributed by atoms with van der Waals surface area (Å²) in [6.45, 7) is 3.83. The van der Waals surface area contributed by atoms with Gasteiger partial charge >= 0.3 is 0 Å². The molecule has 0 radical (unpaired) electrons. The van der Waals surface area contributed by atoms with Gasteiger partial charge in [-0.25, -0.2) is 0 Å². The zero-order valence-corrected chi connectivity index (χ0v) is 18.7. The third-order valence-corrected chi connectivity index (χ3v) is 7.18. The van der Waals surface area contributed by atoms with E-state index in [0.29, 0.717) is 10.7 Å². The molecule has 2 aromatic rings. The third-order valence-electron chi connectivity index (χ3n) is 4.35. The van der Waals surface area contributed by atoms with E-state index in [1.54, 1.807) is 43.3 Å². The maximum Gasteiger partial charge on any atom is 0.284 e. The number of carbonyl (C=O) groups excluding carboxylic acids is 2. The molecule has 30 heavy (non-hydrogen) atoms. The van der Waals surface area contributed by atoms with Crippen molar-refractivity contribution in [2.45, 2.75) is 30.4 Å². The van der Waals surface area contributed by atoms with Crippen molar-refractivity contribution in [2.75, 3.05) is 11.9 Å². The van der Waals surface area contributed by atoms with Gasteiger partial charge in [0.25, 0.3) is 10.0 Å². The topological polar surface area (TPSA) is 95.9 Å². The lowest BCUT2D eigenvalue weighted by molar-refractivity contribution is -0.128. The molecular weight excluding hydrogens is 446 g/mol. The summed E-state index contributed by atoms with van der Waals surface area (Å²) in [7, 11) is -3.97. The van der Waals surface area contributed by atoms with Gasteiger partial charge in [0, 0.05) is 23.7 Å². The van der Waals surface area contributed by atoms with Crippen molar-refractivity contribution in [1.82, 2.24) is 4.90 Å². The van der Waals surface area contributed by atoms with Gasteiger partial charge in [-0.15, -0.1) is 4.40 Å². The summed E-state index contributed by atoms with van der Waals surface area (Å²) in [4.78, 5) is 26.4. The van der Waals surface area contributed by atoms with E-state index in [4.69, 9.17) is 11.6 Å². The van der Waals surface area contributed by atoms with Crippen LogP contribution in [-0.2, 0) is 19.6 Å². The summed E-state index contributed by atoms with van der Waals surface area (Å²) >= 11 is 6.81. The molecule has 0 unspecified atom stereocenters. The molecule has 2 aromatic carbocycles. The number of nitrogens with zero attached hydrogens (tertiary/aromatic N) is 2. The van der Waals surface area contributed by atoms with Gasteiger partial charge in [-0.2, -0.15) is 8.42 Å². The predicted octanol–water partition coefficient (Wildman–Crippen LogP) is 3.69. The Balaban J connectivity index is 1.75. The second-order valence-corrected chi connectivity index (χ2v) is 9.82. The second kappa shape index (κ2) is 9.20. The summed E-state index contributed by atoms with van der Waals surface area (Å²) < 4.78 is 29.1. The van der Waals surface area contributed by atoms with E-state index in [1.165, 1.54) is 17.0 Å². The van der Waals surface area contributed by atoms with E-state index in [9.17, 15) is 18.0 Å². The third kappa shape index (κ3) is 5.21. The van der Waals surface area contributed by atoms with Crippen LogP contribution in [0.15, 0.2) is 57.8 Å². The van der Waals surface area contributed by atoms with Crippen molar-refractivity contribution in [3.63, 3.8) is 0 Å². The molecule has 0 aromatic heterocycles. The Labute approximate surface area is 184 Å². The Morgan fingerprint density at radius 1 is 1.17 bits per heavy atom. The van der Waals surface area contributed by atoms with Crippen molar-refractivity contribution >= 4 is 56.1 Å². The van der Waals surface area contributed by atoms with Gasteiger partial charge in [0.05, 0.1) is 4.90 Å². The van der Waals surface area contributed by atoms with E-state index < -0.39 is 15.3 Å². The Hall–Kier alpha value is -2.36. The molecule has 0 saturated carbocycles. The van der Waals surface area contributed by atoms with E-state index in [2.05, 4.69) is 9.71 Å². The maximum atomic E-state index is 12.7. The van der Waals surface area contributed by atoms with E-state index in [0.717, 1.165) is 17.3 Å². The van der Waals surface area contributed by atoms with Crippen LogP contribution in [0.1, 0.15) is 18.9 Å². The van der Waals surface area contributed by atoms with Crippen LogP contribution >= 0.6 is 23.4 Å². The molecule has 0 aliphatic carbocycles. The average molecular weight is 466 g/mol. The Morgan fingerprint density at radius 2 is 1.80 bits per heavy atom. The van der Waals surface area contributed by atoms with Crippen LogP contribution in [0.3, 0.4) is 0 Å². The van der Waals surface area contributed by atoms with Crippen LogP contribution in [0, 0.1) is 6.92 Å². The number of thioether (sulfide) groups is 1. The van der Waals surface area contributed by atoms with Crippen molar-refractivity contribution in [2.24, 2.45) is 4.40 Å². The van der Waals surface area contributed by atoms with Crippen LogP contribution in [0.25, 0.3) is 0 Å². The quantitative estimate of drug-likeness (QED) is 0.701. The highest BCUT2D eigenvalue weighted by atomic mass is 35.5. The number of amides is 2. The van der Waals surface area contributed by atoms with Crippen LogP contribution in [-0.4, -0.2) is 42.1 Å². The van der Waals surface area contributed by atoms with E-state index in [1.807, 2.05) is 6.92 Å². The largest absolute Gasteiger partial charge is 0.326 e. The minimum Gasteiger partial charge on any atom is -0.326 e. The molecular formula is C20H20ClN3O4S2. The Kier molecular flexibility index (Phi) is 6.84. The zero-order chi connectivity index (χ0) is 21.9. The number of anilines is 1. The number of aryl methyl sites for hydroxylation is 1. The fourth-order valence-corrected chi connectivity index (χ4v) is 5.33. The molecule has 10 heteroatoms. The summed E-state index contributed by atoms with van der Waals surface area (Å²) in [5, 5.41) is 2.58. The lowest BCUT2D eigenvalue weighted by Crippen LogP contribution is -2.33. The van der Waals surface area contributed by atoms with Crippen molar-refractivity contribution < 1.29 is 18.0 Å². The van der Waals surface area contributed by atoms with E-state index in [-0.39, 0.29) is 34.8 Å². The standard InChI is InChI=1S/C20H20ClN3O4S2/c1-3-24-19(26)17(12-18(25)22-15-8-6-14(21)7-9-15)29-20(24)23-30(27,28)16-10-4-13(2)5-11-16/h4-11,17H,3,12H2,1-2H3,(H,22,25)/t17-/m0/s1. The molecule has 1 aliphatic heterocycles. The lowest BCUT2D eigenvalue weighted by Gasteiger charge is -2.13. The normalized spacial score (nSPS) is 18.1. The Bertz CT molecular complexity index is 1080. The first kappa shape index (κ1) is 22.3. The smallest absolute Gasteiger partial charge is 0.284 e. The highest BCUT2D eigenvalue weighted by Gasteiger charge is 2.39. The lowest BCUT2D eigenvalue weighted by atomic mass is 10.2. The van der Waals surface area contributed by atoms with Gasteiger partial charge in [0.15, 0.2) is 5.17 Å². The molecule has 158 valence electrons. The first-order valence-corrected chi connectivity index (χ1v) is 11.8. The summed E-state index contributed by atoms with van der Waals surface area (Å²) in [5.74, 6) is -0.700. The minimum atomic E-state index is -3.97. The van der Waals surface area contributed by atoms with Crippen molar-refractivity contribution in [3.8, 4) is 0 Å². The number of hydrogen-bond acceptors (Lipinski definition) is 5. The first-order valence-electron chi connectivity index (χ1n) is 9.14. The number of carbonyl (C=O) groups is 2. The van der Waals surface area contributed by atoms with Gasteiger partial charge in [-0.1, -0.05) is 41.1 Å². The van der Waals surface area contributed by atoms with Crippen molar-refractivity contribution in [1.29, 1.82) is 0 Å². The van der Waals surface area contributed by atoms with Gasteiger partial charge < -0.3 is 5.32 Å². The molecule has 3 rings (SSSR count). The molecule has 0 bridgehead atoms. The number of rotatable bonds is 6. The maximum absolute atomic E-state index is 12.7. The van der Waals surface area contributed by atoms with Crippen molar-refractivity contribution in [3.05, 3.63) is 59.1 Å². The van der Waals surface area contributed by atoms with Gasteiger partial charge in [-0.3, -0.25) is 14.5 Å². The molecule has 2 amide bonds. The van der Waals surface area contributed by atoms with Gasteiger partial charge in [-0.05, 0) is 50.2 Å². The van der Waals surface area contributed by atoms with E-state index >= 15 is 0 Å². The molecule has 1 atom stereocenters. The molecule has 1 fully saturated rings. The Morgan fingerprint density at radius 3 is 2.40 bits per heavy atom. The monoisotopic (exact) mass is 465 g/mol. The number of sulfonamides is 1. The summed E-state index contributed by atoms with van der Waals surface area (Å²) in [5.41, 5.74) is 1.48. The van der Waals surface area contributed by atoms with Crippen LogP contribution < -0.4 is 5.32 Å². The molecule has 1 aliphatic rings. The first-order chi connectivity index (χ1) is 14.2. The number of amidine groups is 1. The van der Waals surface area contributed by atoms with Crippen LogP contribution in [0.4, 0.5) is 5.69 Å². The SMILES string of the molecule is CCN1C(=O)[C@H](CC(=O)Nc2ccc(Cl)cc2)SC1=NS(=O)(=O)c1ccc(C)cc1. The number of hydrogen-bond donors (Lipinski definition) is 1. The molecule has 7 nitrogen and oxygen atoms in total. The molecule has 1 saturated heterocycles. The summed E-state index contributed by atoms with van der Waals surface area (Å²) in [6.07, 6.45) is -0.105. The molecule has 1 heterocycles. The fraction of sp³-hybridized carbons (Fsp3) is 0.250. The number of benzene rings is 2. The number of nitrogens with one attached hydrogen (secondary N) is 1. The van der Waals surface area contributed by atoms with Crippen LogP contribution in [0.5, 0.6) is 0 Å². The number of halogens is 1.